The second-order valence-electron chi connectivity index (χ2n) is 4.14. The average molecular weight is 278 g/mol. The van der Waals surface area contributed by atoms with Gasteiger partial charge in [-0.1, -0.05) is 17.7 Å². The molecule has 0 spiro atoms. The van der Waals surface area contributed by atoms with E-state index < -0.39 is 0 Å². The van der Waals surface area contributed by atoms with Crippen molar-refractivity contribution in [3.05, 3.63) is 47.0 Å². The Kier molecular flexibility index (Phi) is 4.17. The van der Waals surface area contributed by atoms with Gasteiger partial charge in [0.05, 0.1) is 12.3 Å². The van der Waals surface area contributed by atoms with E-state index in [2.05, 4.69) is 0 Å². The third-order valence-electron chi connectivity index (χ3n) is 2.66. The molecule has 4 heteroatoms. The van der Waals surface area contributed by atoms with Crippen LogP contribution in [0.5, 0.6) is 17.2 Å². The summed E-state index contributed by atoms with van der Waals surface area (Å²) in [6.45, 7) is 4.43. The maximum atomic E-state index is 5.96. The first-order valence-electron chi connectivity index (χ1n) is 6.06. The normalized spacial score (nSPS) is 10.3. The highest BCUT2D eigenvalue weighted by atomic mass is 35.5. The molecule has 0 saturated carbocycles. The molecule has 0 fully saturated rings. The van der Waals surface area contributed by atoms with Crippen molar-refractivity contribution in [3.63, 3.8) is 0 Å². The molecule has 100 valence electrons. The van der Waals surface area contributed by atoms with Gasteiger partial charge in [-0.3, -0.25) is 0 Å². The fourth-order valence-corrected chi connectivity index (χ4v) is 1.83. The average Bonchev–Trinajstić information content (AvgIpc) is 2.38. The molecule has 0 amide bonds. The van der Waals surface area contributed by atoms with Gasteiger partial charge in [0.25, 0.3) is 0 Å². The number of halogens is 1. The number of nitrogen functional groups attached to an aromatic ring is 1. The second-order valence-corrected chi connectivity index (χ2v) is 4.58. The molecular weight excluding hydrogens is 262 g/mol. The number of anilines is 1. The maximum Gasteiger partial charge on any atom is 0.145 e. The lowest BCUT2D eigenvalue weighted by Crippen LogP contribution is -1.97. The maximum absolute atomic E-state index is 5.96. The zero-order chi connectivity index (χ0) is 13.8. The Morgan fingerprint density at radius 2 is 1.89 bits per heavy atom. The van der Waals surface area contributed by atoms with E-state index in [1.165, 1.54) is 0 Å². The molecule has 0 aromatic heterocycles. The predicted molar refractivity (Wildman–Crippen MR) is 78.3 cm³/mol. The lowest BCUT2D eigenvalue weighted by Gasteiger charge is -2.12. The summed E-state index contributed by atoms with van der Waals surface area (Å²) in [7, 11) is 0. The number of hydrogen-bond donors (Lipinski definition) is 1. The van der Waals surface area contributed by atoms with E-state index in [0.29, 0.717) is 28.8 Å². The smallest absolute Gasteiger partial charge is 0.145 e. The number of rotatable bonds is 4. The van der Waals surface area contributed by atoms with Crippen LogP contribution < -0.4 is 15.2 Å². The summed E-state index contributed by atoms with van der Waals surface area (Å²) in [6.07, 6.45) is 0. The molecule has 2 rings (SSSR count). The quantitative estimate of drug-likeness (QED) is 0.841. The number of benzene rings is 2. The van der Waals surface area contributed by atoms with Crippen molar-refractivity contribution in [3.8, 4) is 17.2 Å². The molecule has 2 aromatic rings. The summed E-state index contributed by atoms with van der Waals surface area (Å²) >= 11 is 5.96. The lowest BCUT2D eigenvalue weighted by atomic mass is 10.2. The van der Waals surface area contributed by atoms with Crippen LogP contribution in [0.15, 0.2) is 36.4 Å². The van der Waals surface area contributed by atoms with E-state index in [9.17, 15) is 0 Å². The van der Waals surface area contributed by atoms with Crippen molar-refractivity contribution in [2.45, 2.75) is 13.8 Å². The van der Waals surface area contributed by atoms with Crippen LogP contribution in [0, 0.1) is 6.92 Å². The molecule has 19 heavy (non-hydrogen) atoms. The summed E-state index contributed by atoms with van der Waals surface area (Å²) in [5.74, 6) is 2.02. The first-order chi connectivity index (χ1) is 9.10. The van der Waals surface area contributed by atoms with Gasteiger partial charge >= 0.3 is 0 Å². The molecule has 3 nitrogen and oxygen atoms in total. The Morgan fingerprint density at radius 3 is 2.63 bits per heavy atom. The molecule has 0 saturated heterocycles. The topological polar surface area (TPSA) is 44.5 Å². The van der Waals surface area contributed by atoms with E-state index in [1.807, 2.05) is 26.0 Å². The van der Waals surface area contributed by atoms with Gasteiger partial charge in [-0.25, -0.2) is 0 Å². The molecule has 2 aromatic carbocycles. The first kappa shape index (κ1) is 13.6. The molecule has 0 aliphatic rings. The molecule has 2 N–H and O–H groups in total. The minimum atomic E-state index is 0.559. The minimum absolute atomic E-state index is 0.559. The van der Waals surface area contributed by atoms with Crippen LogP contribution in [0.25, 0.3) is 0 Å². The molecule has 0 aliphatic carbocycles. The summed E-state index contributed by atoms with van der Waals surface area (Å²) in [5, 5.41) is 0.640. The lowest BCUT2D eigenvalue weighted by molar-refractivity contribution is 0.340. The van der Waals surface area contributed by atoms with Crippen molar-refractivity contribution < 1.29 is 9.47 Å². The van der Waals surface area contributed by atoms with Crippen molar-refractivity contribution in [1.29, 1.82) is 0 Å². The van der Waals surface area contributed by atoms with Gasteiger partial charge < -0.3 is 15.2 Å². The molecular formula is C15H16ClNO2. The highest BCUT2D eigenvalue weighted by molar-refractivity contribution is 6.30. The molecule has 0 heterocycles. The van der Waals surface area contributed by atoms with Crippen LogP contribution >= 0.6 is 11.6 Å². The van der Waals surface area contributed by atoms with Crippen molar-refractivity contribution in [2.75, 3.05) is 12.3 Å². The molecule has 0 aliphatic heterocycles. The Balaban J connectivity index is 2.28. The van der Waals surface area contributed by atoms with Gasteiger partial charge in [0.1, 0.15) is 17.2 Å². The second kappa shape index (κ2) is 5.85. The minimum Gasteiger partial charge on any atom is -0.492 e. The van der Waals surface area contributed by atoms with Crippen LogP contribution in [0.1, 0.15) is 12.5 Å². The zero-order valence-corrected chi connectivity index (χ0v) is 11.7. The van der Waals surface area contributed by atoms with Gasteiger partial charge in [-0.15, -0.1) is 0 Å². The van der Waals surface area contributed by atoms with E-state index in [4.69, 9.17) is 26.8 Å². The summed E-state index contributed by atoms with van der Waals surface area (Å²) in [6, 6.07) is 10.9. The van der Waals surface area contributed by atoms with Crippen molar-refractivity contribution in [2.24, 2.45) is 0 Å². The first-order valence-corrected chi connectivity index (χ1v) is 6.44. The summed E-state index contributed by atoms with van der Waals surface area (Å²) < 4.78 is 11.2. The van der Waals surface area contributed by atoms with Crippen LogP contribution in [0.3, 0.4) is 0 Å². The van der Waals surface area contributed by atoms with Crippen LogP contribution in [-0.2, 0) is 0 Å². The Bertz CT molecular complexity index is 584. The van der Waals surface area contributed by atoms with Crippen LogP contribution in [-0.4, -0.2) is 6.61 Å². The number of ether oxygens (including phenoxy) is 2. The fourth-order valence-electron chi connectivity index (χ4n) is 1.67. The Morgan fingerprint density at radius 1 is 1.11 bits per heavy atom. The van der Waals surface area contributed by atoms with E-state index in [-0.39, 0.29) is 0 Å². The van der Waals surface area contributed by atoms with E-state index in [0.717, 1.165) is 11.3 Å². The highest BCUT2D eigenvalue weighted by Gasteiger charge is 2.06. The molecule has 0 radical (unpaired) electrons. The number of nitrogens with two attached hydrogens (primary N) is 1. The van der Waals surface area contributed by atoms with E-state index >= 15 is 0 Å². The van der Waals surface area contributed by atoms with Crippen molar-refractivity contribution >= 4 is 17.3 Å². The Labute approximate surface area is 117 Å². The third kappa shape index (κ3) is 3.32. The highest BCUT2D eigenvalue weighted by Crippen LogP contribution is 2.32. The largest absolute Gasteiger partial charge is 0.492 e. The summed E-state index contributed by atoms with van der Waals surface area (Å²) in [4.78, 5) is 0. The third-order valence-corrected chi connectivity index (χ3v) is 2.90. The van der Waals surface area contributed by atoms with Gasteiger partial charge in [0, 0.05) is 11.1 Å². The number of aryl methyl sites for hydroxylation is 1. The van der Waals surface area contributed by atoms with Crippen LogP contribution in [0.4, 0.5) is 5.69 Å². The van der Waals surface area contributed by atoms with Crippen molar-refractivity contribution in [1.82, 2.24) is 0 Å². The predicted octanol–water partition coefficient (Wildman–Crippen LogP) is 4.42. The van der Waals surface area contributed by atoms with Gasteiger partial charge in [-0.05, 0) is 43.7 Å². The van der Waals surface area contributed by atoms with Gasteiger partial charge in [0.15, 0.2) is 0 Å². The zero-order valence-electron chi connectivity index (χ0n) is 10.9. The van der Waals surface area contributed by atoms with Crippen LogP contribution in [0.2, 0.25) is 5.02 Å². The monoisotopic (exact) mass is 277 g/mol. The van der Waals surface area contributed by atoms with E-state index in [1.54, 1.807) is 24.3 Å². The molecule has 0 unspecified atom stereocenters. The molecule has 0 atom stereocenters. The standard InChI is InChI=1S/C15H16ClNO2/c1-3-18-15-9-12(6-7-13(15)17)19-14-8-11(16)5-4-10(14)2/h4-9H,3,17H2,1-2H3. The SMILES string of the molecule is CCOc1cc(Oc2cc(Cl)ccc2C)ccc1N. The number of hydrogen-bond acceptors (Lipinski definition) is 3. The fraction of sp³-hybridized carbons (Fsp3) is 0.200. The van der Waals surface area contributed by atoms with Gasteiger partial charge in [-0.2, -0.15) is 0 Å². The summed E-state index contributed by atoms with van der Waals surface area (Å²) in [5.41, 5.74) is 7.43. The molecule has 0 bridgehead atoms. The van der Waals surface area contributed by atoms with Gasteiger partial charge in [0.2, 0.25) is 0 Å². The Hall–Kier alpha value is -1.87.